The van der Waals surface area contributed by atoms with Crippen molar-refractivity contribution in [1.29, 1.82) is 0 Å². The van der Waals surface area contributed by atoms with E-state index in [4.69, 9.17) is 10.5 Å². The highest BCUT2D eigenvalue weighted by molar-refractivity contribution is 5.79. The van der Waals surface area contributed by atoms with E-state index < -0.39 is 0 Å². The average Bonchev–Trinajstić information content (AvgIpc) is 2.15. The molecule has 0 rings (SSSR count). The van der Waals surface area contributed by atoms with Gasteiger partial charge in [-0.25, -0.2) is 0 Å². The van der Waals surface area contributed by atoms with Crippen molar-refractivity contribution in [2.24, 2.45) is 5.73 Å². The molecule has 0 aromatic rings. The van der Waals surface area contributed by atoms with Gasteiger partial charge in [-0.2, -0.15) is 0 Å². The van der Waals surface area contributed by atoms with E-state index in [1.54, 1.807) is 0 Å². The molecule has 1 unspecified atom stereocenters. The number of carbonyl (C=O) groups excluding carboxylic acids is 1. The summed E-state index contributed by atoms with van der Waals surface area (Å²) in [6, 6.07) is -0.248. The molecule has 1 atom stereocenters. The molecule has 0 aliphatic carbocycles. The van der Waals surface area contributed by atoms with Gasteiger partial charge in [-0.15, -0.1) is 0 Å². The molecule has 0 aliphatic heterocycles. The lowest BCUT2D eigenvalue weighted by Crippen LogP contribution is -2.41. The highest BCUT2D eigenvalue weighted by atomic mass is 16.5. The molecule has 4 heteroatoms. The zero-order valence-corrected chi connectivity index (χ0v) is 9.21. The molecule has 0 aromatic heterocycles. The number of likely N-dealkylation sites (N-methyl/N-ethyl adjacent to an activating group) is 1. The molecule has 14 heavy (non-hydrogen) atoms. The van der Waals surface area contributed by atoms with Crippen LogP contribution in [0.15, 0.2) is 0 Å². The SMILES string of the molecule is CCCCOCCC(NCC)C(N)=O. The van der Waals surface area contributed by atoms with E-state index in [1.807, 2.05) is 6.92 Å². The molecule has 0 radical (unpaired) electrons. The van der Waals surface area contributed by atoms with Crippen LogP contribution in [0.2, 0.25) is 0 Å². The predicted molar refractivity (Wildman–Crippen MR) is 57.0 cm³/mol. The van der Waals surface area contributed by atoms with Gasteiger partial charge in [-0.05, 0) is 19.4 Å². The molecule has 0 saturated heterocycles. The number of rotatable bonds is 9. The van der Waals surface area contributed by atoms with Gasteiger partial charge in [-0.1, -0.05) is 20.3 Å². The highest BCUT2D eigenvalue weighted by Crippen LogP contribution is 1.94. The standard InChI is InChI=1S/C10H22N2O2/c1-3-5-7-14-8-6-9(10(11)13)12-4-2/h9,12H,3-8H2,1-2H3,(H2,11,13). The lowest BCUT2D eigenvalue weighted by molar-refractivity contribution is -0.120. The van der Waals surface area contributed by atoms with Crippen molar-refractivity contribution >= 4 is 5.91 Å². The number of nitrogens with two attached hydrogens (primary N) is 1. The minimum absolute atomic E-state index is 0.248. The summed E-state index contributed by atoms with van der Waals surface area (Å²) in [6.07, 6.45) is 2.86. The van der Waals surface area contributed by atoms with Gasteiger partial charge in [0.05, 0.1) is 6.04 Å². The number of unbranched alkanes of at least 4 members (excludes halogenated alkanes) is 1. The third-order valence-electron chi connectivity index (χ3n) is 1.99. The quantitative estimate of drug-likeness (QED) is 0.540. The Morgan fingerprint density at radius 3 is 2.64 bits per heavy atom. The van der Waals surface area contributed by atoms with Crippen molar-refractivity contribution < 1.29 is 9.53 Å². The van der Waals surface area contributed by atoms with Gasteiger partial charge in [0, 0.05) is 13.2 Å². The Morgan fingerprint density at radius 2 is 2.14 bits per heavy atom. The van der Waals surface area contributed by atoms with Crippen molar-refractivity contribution in [3.63, 3.8) is 0 Å². The lowest BCUT2D eigenvalue weighted by atomic mass is 10.2. The molecule has 1 amide bonds. The first-order valence-electron chi connectivity index (χ1n) is 5.32. The van der Waals surface area contributed by atoms with E-state index in [0.29, 0.717) is 13.0 Å². The second-order valence-electron chi connectivity index (χ2n) is 3.27. The Kier molecular flexibility index (Phi) is 8.57. The first-order chi connectivity index (χ1) is 6.72. The summed E-state index contributed by atoms with van der Waals surface area (Å²) in [5.74, 6) is -0.300. The second kappa shape index (κ2) is 8.97. The van der Waals surface area contributed by atoms with Crippen LogP contribution >= 0.6 is 0 Å². The van der Waals surface area contributed by atoms with E-state index in [0.717, 1.165) is 26.0 Å². The first-order valence-corrected chi connectivity index (χ1v) is 5.32. The summed E-state index contributed by atoms with van der Waals surface area (Å²) in [5, 5.41) is 3.02. The molecular weight excluding hydrogens is 180 g/mol. The van der Waals surface area contributed by atoms with E-state index in [2.05, 4.69) is 12.2 Å². The van der Waals surface area contributed by atoms with Crippen LogP contribution in [0.25, 0.3) is 0 Å². The number of hydrogen-bond donors (Lipinski definition) is 2. The van der Waals surface area contributed by atoms with E-state index in [-0.39, 0.29) is 11.9 Å². The monoisotopic (exact) mass is 202 g/mol. The second-order valence-corrected chi connectivity index (χ2v) is 3.27. The zero-order chi connectivity index (χ0) is 10.8. The number of primary amides is 1. The van der Waals surface area contributed by atoms with Crippen LogP contribution in [0.1, 0.15) is 33.1 Å². The van der Waals surface area contributed by atoms with Crippen LogP contribution < -0.4 is 11.1 Å². The molecule has 0 aliphatic rings. The topological polar surface area (TPSA) is 64.3 Å². The number of carbonyl (C=O) groups is 1. The van der Waals surface area contributed by atoms with Crippen LogP contribution in [0.5, 0.6) is 0 Å². The fourth-order valence-electron chi connectivity index (χ4n) is 1.14. The summed E-state index contributed by atoms with van der Waals surface area (Å²) in [6.45, 7) is 6.19. The summed E-state index contributed by atoms with van der Waals surface area (Å²) in [5.41, 5.74) is 5.21. The third-order valence-corrected chi connectivity index (χ3v) is 1.99. The first kappa shape index (κ1) is 13.4. The van der Waals surface area contributed by atoms with Crippen LogP contribution in [0.4, 0.5) is 0 Å². The van der Waals surface area contributed by atoms with Gasteiger partial charge in [0.1, 0.15) is 0 Å². The van der Waals surface area contributed by atoms with E-state index in [9.17, 15) is 4.79 Å². The molecule has 84 valence electrons. The van der Waals surface area contributed by atoms with E-state index >= 15 is 0 Å². The van der Waals surface area contributed by atoms with Crippen molar-refractivity contribution in [3.05, 3.63) is 0 Å². The highest BCUT2D eigenvalue weighted by Gasteiger charge is 2.12. The van der Waals surface area contributed by atoms with Crippen LogP contribution in [0, 0.1) is 0 Å². The Balaban J connectivity index is 3.46. The van der Waals surface area contributed by atoms with Crippen LogP contribution in [0.3, 0.4) is 0 Å². The van der Waals surface area contributed by atoms with Crippen molar-refractivity contribution in [1.82, 2.24) is 5.32 Å². The largest absolute Gasteiger partial charge is 0.381 e. The zero-order valence-electron chi connectivity index (χ0n) is 9.21. The maximum atomic E-state index is 10.9. The minimum Gasteiger partial charge on any atom is -0.381 e. The van der Waals surface area contributed by atoms with Crippen molar-refractivity contribution in [2.75, 3.05) is 19.8 Å². The molecule has 0 aromatic carbocycles. The molecule has 0 heterocycles. The molecular formula is C10H22N2O2. The van der Waals surface area contributed by atoms with Gasteiger partial charge >= 0.3 is 0 Å². The van der Waals surface area contributed by atoms with Crippen molar-refractivity contribution in [2.45, 2.75) is 39.2 Å². The van der Waals surface area contributed by atoms with Gasteiger partial charge in [-0.3, -0.25) is 4.79 Å². The third kappa shape index (κ3) is 6.86. The Bertz CT molecular complexity index is 151. The fourth-order valence-corrected chi connectivity index (χ4v) is 1.14. The molecule has 0 saturated carbocycles. The fraction of sp³-hybridized carbons (Fsp3) is 0.900. The van der Waals surface area contributed by atoms with Crippen LogP contribution in [-0.2, 0) is 9.53 Å². The molecule has 0 fully saturated rings. The smallest absolute Gasteiger partial charge is 0.234 e. The van der Waals surface area contributed by atoms with Crippen LogP contribution in [-0.4, -0.2) is 31.7 Å². The Morgan fingerprint density at radius 1 is 1.43 bits per heavy atom. The van der Waals surface area contributed by atoms with Gasteiger partial charge in [0.25, 0.3) is 0 Å². The predicted octanol–water partition coefficient (Wildman–Crippen LogP) is 0.657. The maximum absolute atomic E-state index is 10.9. The molecule has 0 bridgehead atoms. The molecule has 4 nitrogen and oxygen atoms in total. The summed E-state index contributed by atoms with van der Waals surface area (Å²) >= 11 is 0. The number of amides is 1. The van der Waals surface area contributed by atoms with Gasteiger partial charge in [0.2, 0.25) is 5.91 Å². The van der Waals surface area contributed by atoms with Gasteiger partial charge < -0.3 is 15.8 Å². The number of nitrogens with one attached hydrogen (secondary N) is 1. The summed E-state index contributed by atoms with van der Waals surface area (Å²) in [4.78, 5) is 10.9. The normalized spacial score (nSPS) is 12.7. The minimum atomic E-state index is -0.300. The summed E-state index contributed by atoms with van der Waals surface area (Å²) < 4.78 is 5.35. The van der Waals surface area contributed by atoms with Crippen molar-refractivity contribution in [3.8, 4) is 0 Å². The Labute approximate surface area is 86.2 Å². The average molecular weight is 202 g/mol. The van der Waals surface area contributed by atoms with Gasteiger partial charge in [0.15, 0.2) is 0 Å². The molecule has 3 N–H and O–H groups in total. The summed E-state index contributed by atoms with van der Waals surface area (Å²) in [7, 11) is 0. The Hall–Kier alpha value is -0.610. The lowest BCUT2D eigenvalue weighted by Gasteiger charge is -2.13. The van der Waals surface area contributed by atoms with E-state index in [1.165, 1.54) is 0 Å². The maximum Gasteiger partial charge on any atom is 0.234 e. The number of hydrogen-bond acceptors (Lipinski definition) is 3. The number of ether oxygens (including phenoxy) is 1. The molecule has 0 spiro atoms.